The zero-order valence-electron chi connectivity index (χ0n) is 10.7. The van der Waals surface area contributed by atoms with Crippen molar-refractivity contribution in [2.75, 3.05) is 5.73 Å². The van der Waals surface area contributed by atoms with E-state index in [1.165, 1.54) is 0 Å². The smallest absolute Gasteiger partial charge is 0.150 e. The van der Waals surface area contributed by atoms with Crippen LogP contribution in [-0.4, -0.2) is 14.8 Å². The standard InChI is InChI=1S/C13H17ClN4/c1-3-12-16-13(4-2)18(17-12)8-9-5-6-10(14)7-11(9)15/h5-7H,3-4,8,15H2,1-2H3. The molecule has 0 unspecified atom stereocenters. The van der Waals surface area contributed by atoms with Crippen molar-refractivity contribution in [2.24, 2.45) is 0 Å². The average molecular weight is 265 g/mol. The number of nitrogens with two attached hydrogens (primary N) is 1. The van der Waals surface area contributed by atoms with E-state index >= 15 is 0 Å². The number of nitrogens with zero attached hydrogens (tertiary/aromatic N) is 3. The maximum absolute atomic E-state index is 5.95. The fraction of sp³-hybridized carbons (Fsp3) is 0.385. The van der Waals surface area contributed by atoms with Crippen LogP contribution in [0.2, 0.25) is 5.02 Å². The van der Waals surface area contributed by atoms with E-state index in [1.807, 2.05) is 16.8 Å². The van der Waals surface area contributed by atoms with Crippen molar-refractivity contribution in [3.63, 3.8) is 0 Å². The molecule has 0 atom stereocenters. The molecule has 2 rings (SSSR count). The van der Waals surface area contributed by atoms with Crippen LogP contribution in [0.1, 0.15) is 31.1 Å². The maximum Gasteiger partial charge on any atom is 0.150 e. The zero-order chi connectivity index (χ0) is 13.1. The number of aryl methyl sites for hydroxylation is 2. The van der Waals surface area contributed by atoms with E-state index in [4.69, 9.17) is 17.3 Å². The van der Waals surface area contributed by atoms with Crippen LogP contribution in [0.5, 0.6) is 0 Å². The molecule has 0 saturated heterocycles. The van der Waals surface area contributed by atoms with Crippen LogP contribution in [0.15, 0.2) is 18.2 Å². The summed E-state index contributed by atoms with van der Waals surface area (Å²) in [7, 11) is 0. The van der Waals surface area contributed by atoms with Gasteiger partial charge in [-0.15, -0.1) is 0 Å². The van der Waals surface area contributed by atoms with Crippen LogP contribution < -0.4 is 5.73 Å². The third-order valence-electron chi connectivity index (χ3n) is 2.85. The normalized spacial score (nSPS) is 10.8. The summed E-state index contributed by atoms with van der Waals surface area (Å²) >= 11 is 5.89. The predicted molar refractivity (Wildman–Crippen MR) is 73.7 cm³/mol. The number of rotatable bonds is 4. The Kier molecular flexibility index (Phi) is 3.87. The van der Waals surface area contributed by atoms with Crippen LogP contribution in [-0.2, 0) is 19.4 Å². The van der Waals surface area contributed by atoms with E-state index in [-0.39, 0.29) is 0 Å². The fourth-order valence-corrected chi connectivity index (χ4v) is 2.02. The highest BCUT2D eigenvalue weighted by molar-refractivity contribution is 6.30. The van der Waals surface area contributed by atoms with Gasteiger partial charge in [-0.05, 0) is 17.7 Å². The summed E-state index contributed by atoms with van der Waals surface area (Å²) in [5, 5.41) is 5.13. The highest BCUT2D eigenvalue weighted by Crippen LogP contribution is 2.19. The first-order valence-corrected chi connectivity index (χ1v) is 6.48. The molecule has 0 bridgehead atoms. The fourth-order valence-electron chi connectivity index (χ4n) is 1.84. The summed E-state index contributed by atoms with van der Waals surface area (Å²) in [6.45, 7) is 4.76. The first kappa shape index (κ1) is 12.9. The lowest BCUT2D eigenvalue weighted by Crippen LogP contribution is -2.08. The number of hydrogen-bond donors (Lipinski definition) is 1. The molecule has 2 aromatic rings. The number of anilines is 1. The third-order valence-corrected chi connectivity index (χ3v) is 3.09. The van der Waals surface area contributed by atoms with Gasteiger partial charge in [-0.3, -0.25) is 0 Å². The van der Waals surface area contributed by atoms with Gasteiger partial charge >= 0.3 is 0 Å². The second kappa shape index (κ2) is 5.40. The number of aromatic nitrogens is 3. The number of nitrogen functional groups attached to an aromatic ring is 1. The van der Waals surface area contributed by atoms with Gasteiger partial charge in [-0.1, -0.05) is 31.5 Å². The van der Waals surface area contributed by atoms with Crippen LogP contribution in [0, 0.1) is 0 Å². The van der Waals surface area contributed by atoms with E-state index < -0.39 is 0 Å². The molecule has 2 N–H and O–H groups in total. The minimum absolute atomic E-state index is 0.638. The molecule has 0 saturated carbocycles. The molecule has 0 amide bonds. The molecule has 1 aromatic heterocycles. The lowest BCUT2D eigenvalue weighted by atomic mass is 10.2. The molecule has 4 nitrogen and oxygen atoms in total. The minimum Gasteiger partial charge on any atom is -0.398 e. The predicted octanol–water partition coefficient (Wildman–Crippen LogP) is 2.69. The van der Waals surface area contributed by atoms with Crippen molar-refractivity contribution in [3.8, 4) is 0 Å². The Labute approximate surface area is 112 Å². The zero-order valence-corrected chi connectivity index (χ0v) is 11.4. The average Bonchev–Trinajstić information content (AvgIpc) is 2.75. The lowest BCUT2D eigenvalue weighted by Gasteiger charge is -2.07. The van der Waals surface area contributed by atoms with Gasteiger partial charge in [0.05, 0.1) is 6.54 Å². The van der Waals surface area contributed by atoms with Gasteiger partial charge in [0.15, 0.2) is 5.82 Å². The molecule has 1 aromatic carbocycles. The molecule has 0 aliphatic heterocycles. The van der Waals surface area contributed by atoms with Crippen molar-refractivity contribution in [3.05, 3.63) is 40.4 Å². The van der Waals surface area contributed by atoms with Crippen LogP contribution in [0.25, 0.3) is 0 Å². The summed E-state index contributed by atoms with van der Waals surface area (Å²) in [4.78, 5) is 4.48. The molecule has 0 fully saturated rings. The van der Waals surface area contributed by atoms with Crippen LogP contribution in [0.3, 0.4) is 0 Å². The van der Waals surface area contributed by atoms with Crippen LogP contribution >= 0.6 is 11.6 Å². The van der Waals surface area contributed by atoms with E-state index in [0.717, 1.165) is 30.1 Å². The summed E-state index contributed by atoms with van der Waals surface area (Å²) in [5.74, 6) is 1.86. The van der Waals surface area contributed by atoms with E-state index in [0.29, 0.717) is 17.3 Å². The molecule has 0 radical (unpaired) electrons. The molecule has 1 heterocycles. The Balaban J connectivity index is 2.30. The van der Waals surface area contributed by atoms with Gasteiger partial charge in [0.2, 0.25) is 0 Å². The van der Waals surface area contributed by atoms with Gasteiger partial charge < -0.3 is 5.73 Å². The molecule has 0 aliphatic carbocycles. The monoisotopic (exact) mass is 264 g/mol. The molecule has 5 heteroatoms. The lowest BCUT2D eigenvalue weighted by molar-refractivity contribution is 0.638. The molecule has 18 heavy (non-hydrogen) atoms. The van der Waals surface area contributed by atoms with E-state index in [1.54, 1.807) is 6.07 Å². The number of hydrogen-bond acceptors (Lipinski definition) is 3. The van der Waals surface area contributed by atoms with Crippen molar-refractivity contribution in [2.45, 2.75) is 33.2 Å². The summed E-state index contributed by atoms with van der Waals surface area (Å²) in [6, 6.07) is 5.54. The maximum atomic E-state index is 5.95. The molecular weight excluding hydrogens is 248 g/mol. The Morgan fingerprint density at radius 2 is 2.06 bits per heavy atom. The van der Waals surface area contributed by atoms with Gasteiger partial charge in [0.1, 0.15) is 5.82 Å². The molecular formula is C13H17ClN4. The number of halogens is 1. The van der Waals surface area contributed by atoms with Gasteiger partial charge in [0, 0.05) is 23.6 Å². The first-order chi connectivity index (χ1) is 8.63. The van der Waals surface area contributed by atoms with Crippen molar-refractivity contribution in [1.29, 1.82) is 0 Å². The largest absolute Gasteiger partial charge is 0.398 e. The third kappa shape index (κ3) is 2.64. The summed E-state index contributed by atoms with van der Waals surface area (Å²) < 4.78 is 1.92. The van der Waals surface area contributed by atoms with Gasteiger partial charge in [-0.2, -0.15) is 5.10 Å². The second-order valence-corrected chi connectivity index (χ2v) is 4.59. The number of benzene rings is 1. The SMILES string of the molecule is CCc1nc(CC)n(Cc2ccc(Cl)cc2N)n1. The summed E-state index contributed by atoms with van der Waals surface area (Å²) in [6.07, 6.45) is 1.70. The quantitative estimate of drug-likeness (QED) is 0.864. The molecule has 0 spiro atoms. The Morgan fingerprint density at radius 3 is 2.67 bits per heavy atom. The van der Waals surface area contributed by atoms with E-state index in [2.05, 4.69) is 23.9 Å². The molecule has 0 aliphatic rings. The van der Waals surface area contributed by atoms with Crippen molar-refractivity contribution >= 4 is 17.3 Å². The van der Waals surface area contributed by atoms with Gasteiger partial charge in [0.25, 0.3) is 0 Å². The molecule has 96 valence electrons. The van der Waals surface area contributed by atoms with E-state index in [9.17, 15) is 0 Å². The highest BCUT2D eigenvalue weighted by atomic mass is 35.5. The minimum atomic E-state index is 0.638. The summed E-state index contributed by atoms with van der Waals surface area (Å²) in [5.41, 5.74) is 7.66. The van der Waals surface area contributed by atoms with Crippen LogP contribution in [0.4, 0.5) is 5.69 Å². The Morgan fingerprint density at radius 1 is 1.28 bits per heavy atom. The second-order valence-electron chi connectivity index (χ2n) is 4.15. The Bertz CT molecular complexity index is 548. The first-order valence-electron chi connectivity index (χ1n) is 6.10. The Hall–Kier alpha value is -1.55. The van der Waals surface area contributed by atoms with Crippen molar-refractivity contribution < 1.29 is 0 Å². The topological polar surface area (TPSA) is 56.7 Å². The van der Waals surface area contributed by atoms with Crippen molar-refractivity contribution in [1.82, 2.24) is 14.8 Å². The van der Waals surface area contributed by atoms with Gasteiger partial charge in [-0.25, -0.2) is 9.67 Å². The highest BCUT2D eigenvalue weighted by Gasteiger charge is 2.09.